The third-order valence-electron chi connectivity index (χ3n) is 7.23. The third kappa shape index (κ3) is 3.57. The molecule has 0 saturated carbocycles. The number of aliphatic hydroxyl groups excluding tert-OH is 1. The monoisotopic (exact) mass is 446 g/mol. The summed E-state index contributed by atoms with van der Waals surface area (Å²) in [5.41, 5.74) is -1.25. The number of cyclic esters (lactones) is 1. The Morgan fingerprint density at radius 3 is 2.75 bits per heavy atom. The first kappa shape index (κ1) is 23.0. The van der Waals surface area contributed by atoms with Crippen LogP contribution >= 0.6 is 0 Å². The molecule has 0 aliphatic carbocycles. The van der Waals surface area contributed by atoms with Crippen LogP contribution in [-0.2, 0) is 23.9 Å². The molecule has 32 heavy (non-hydrogen) atoms. The van der Waals surface area contributed by atoms with Crippen molar-refractivity contribution in [3.05, 3.63) is 24.3 Å². The number of hydrogen-bond acceptors (Lipinski definition) is 6. The molecule has 6 atom stereocenters. The van der Waals surface area contributed by atoms with Crippen LogP contribution in [0.3, 0.4) is 0 Å². The maximum atomic E-state index is 13.9. The minimum atomic E-state index is -1.25. The lowest BCUT2D eigenvalue weighted by Gasteiger charge is -2.38. The second-order valence-corrected chi connectivity index (χ2v) is 9.11. The quantitative estimate of drug-likeness (QED) is 0.490. The number of fused-ring (bicyclic) bond motifs is 2. The van der Waals surface area contributed by atoms with E-state index in [4.69, 9.17) is 9.47 Å². The molecule has 2 fully saturated rings. The van der Waals surface area contributed by atoms with Crippen molar-refractivity contribution in [2.24, 2.45) is 11.8 Å². The highest BCUT2D eigenvalue weighted by Gasteiger charge is 2.72. The number of nitrogens with zero attached hydrogens (tertiary/aromatic N) is 2. The normalized spacial score (nSPS) is 36.4. The fourth-order valence-electron chi connectivity index (χ4n) is 5.60. The van der Waals surface area contributed by atoms with E-state index in [0.717, 1.165) is 19.3 Å². The number of esters is 1. The molecule has 176 valence electrons. The van der Waals surface area contributed by atoms with E-state index in [1.54, 1.807) is 4.90 Å². The van der Waals surface area contributed by atoms with Crippen molar-refractivity contribution in [2.45, 2.75) is 69.7 Å². The predicted octanol–water partition coefficient (Wildman–Crippen LogP) is 1.43. The van der Waals surface area contributed by atoms with Gasteiger partial charge >= 0.3 is 5.97 Å². The van der Waals surface area contributed by atoms with Crippen molar-refractivity contribution in [1.29, 1.82) is 0 Å². The van der Waals surface area contributed by atoms with Crippen LogP contribution in [0.25, 0.3) is 0 Å². The number of carbonyl (C=O) groups excluding carboxylic acids is 3. The maximum absolute atomic E-state index is 13.9. The average molecular weight is 447 g/mol. The van der Waals surface area contributed by atoms with Crippen LogP contribution in [0.4, 0.5) is 0 Å². The second kappa shape index (κ2) is 9.35. The predicted molar refractivity (Wildman–Crippen MR) is 116 cm³/mol. The van der Waals surface area contributed by atoms with Crippen molar-refractivity contribution in [3.8, 4) is 0 Å². The van der Waals surface area contributed by atoms with Gasteiger partial charge in [-0.1, -0.05) is 44.6 Å². The SMILES string of the molecule is CCCCN1CC=C[C@]23O[C@@H]4/C=C\CCCOC(=O)[C@@H]4[C@H]2C(=O)N([C@@H](CC)CO)C3C1=O. The van der Waals surface area contributed by atoms with Gasteiger partial charge in [0.2, 0.25) is 11.8 Å². The molecular formula is C24H34N2O6. The van der Waals surface area contributed by atoms with Crippen molar-refractivity contribution in [2.75, 3.05) is 26.3 Å². The van der Waals surface area contributed by atoms with Gasteiger partial charge in [0.15, 0.2) is 0 Å². The Bertz CT molecular complexity index is 806. The highest BCUT2D eigenvalue weighted by Crippen LogP contribution is 2.53. The molecule has 0 radical (unpaired) electrons. The first-order chi connectivity index (χ1) is 15.5. The molecule has 8 nitrogen and oxygen atoms in total. The van der Waals surface area contributed by atoms with Gasteiger partial charge in [-0.3, -0.25) is 14.4 Å². The number of allylic oxidation sites excluding steroid dienone is 1. The van der Waals surface area contributed by atoms with E-state index in [-0.39, 0.29) is 18.4 Å². The van der Waals surface area contributed by atoms with E-state index in [9.17, 15) is 19.5 Å². The molecule has 4 aliphatic heterocycles. The Labute approximate surface area is 189 Å². The summed E-state index contributed by atoms with van der Waals surface area (Å²) in [7, 11) is 0. The van der Waals surface area contributed by atoms with Gasteiger partial charge in [-0.2, -0.15) is 0 Å². The summed E-state index contributed by atoms with van der Waals surface area (Å²) in [4.78, 5) is 44.0. The third-order valence-corrected chi connectivity index (χ3v) is 7.23. The Morgan fingerprint density at radius 1 is 1.22 bits per heavy atom. The number of ether oxygens (including phenoxy) is 2. The van der Waals surface area contributed by atoms with Crippen molar-refractivity contribution < 1.29 is 29.0 Å². The van der Waals surface area contributed by atoms with Gasteiger partial charge in [-0.15, -0.1) is 0 Å². The fourth-order valence-corrected chi connectivity index (χ4v) is 5.60. The van der Waals surface area contributed by atoms with Gasteiger partial charge < -0.3 is 24.4 Å². The molecule has 0 aromatic carbocycles. The molecule has 0 aromatic heterocycles. The number of hydrogen-bond donors (Lipinski definition) is 1. The summed E-state index contributed by atoms with van der Waals surface area (Å²) in [6, 6.07) is -1.44. The second-order valence-electron chi connectivity index (χ2n) is 9.11. The summed E-state index contributed by atoms with van der Waals surface area (Å²) in [5.74, 6) is -2.64. The van der Waals surface area contributed by atoms with E-state index >= 15 is 0 Å². The number of aliphatic hydroxyl groups is 1. The highest BCUT2D eigenvalue weighted by molar-refractivity contribution is 5.99. The lowest BCUT2D eigenvalue weighted by Crippen LogP contribution is -2.58. The van der Waals surface area contributed by atoms with Crippen LogP contribution in [0.1, 0.15) is 46.0 Å². The van der Waals surface area contributed by atoms with Crippen molar-refractivity contribution in [3.63, 3.8) is 0 Å². The zero-order chi connectivity index (χ0) is 22.9. The number of likely N-dealkylation sites (tertiary alicyclic amines) is 1. The molecular weight excluding hydrogens is 412 g/mol. The van der Waals surface area contributed by atoms with E-state index in [0.29, 0.717) is 32.5 Å². The Morgan fingerprint density at radius 2 is 2.03 bits per heavy atom. The summed E-state index contributed by atoms with van der Waals surface area (Å²) in [5, 5.41) is 10.0. The van der Waals surface area contributed by atoms with Crippen molar-refractivity contribution >= 4 is 17.8 Å². The van der Waals surface area contributed by atoms with Gasteiger partial charge in [0, 0.05) is 13.1 Å². The Kier molecular flexibility index (Phi) is 6.72. The van der Waals surface area contributed by atoms with Gasteiger partial charge in [0.25, 0.3) is 0 Å². The zero-order valence-electron chi connectivity index (χ0n) is 18.9. The van der Waals surface area contributed by atoms with Gasteiger partial charge in [-0.05, 0) is 25.7 Å². The number of carbonyl (C=O) groups is 3. The smallest absolute Gasteiger partial charge is 0.312 e. The average Bonchev–Trinajstić information content (AvgIpc) is 3.20. The molecule has 1 spiro atoms. The van der Waals surface area contributed by atoms with Gasteiger partial charge in [-0.25, -0.2) is 0 Å². The summed E-state index contributed by atoms with van der Waals surface area (Å²) < 4.78 is 12.0. The molecule has 2 saturated heterocycles. The standard InChI is InChI=1S/C24H34N2O6/c1-3-5-12-25-13-9-11-24-19(18-17(32-24)10-7-6-8-14-31-23(18)30)21(28)26(16(4-2)15-27)20(24)22(25)29/h7,9-11,16-20,27H,3-6,8,12-15H2,1-2H3/b10-7-/t16-,17+,18-,19-,20?,24-/m0/s1. The molecule has 8 heteroatoms. The molecule has 1 N–H and O–H groups in total. The lowest BCUT2D eigenvalue weighted by molar-refractivity contribution is -0.156. The topological polar surface area (TPSA) is 96.4 Å². The minimum absolute atomic E-state index is 0.185. The molecule has 2 amide bonds. The molecule has 0 bridgehead atoms. The molecule has 0 aromatic rings. The Hall–Kier alpha value is -2.19. The largest absolute Gasteiger partial charge is 0.465 e. The fraction of sp³-hybridized carbons (Fsp3) is 0.708. The van der Waals surface area contributed by atoms with Gasteiger partial charge in [0.1, 0.15) is 17.6 Å². The van der Waals surface area contributed by atoms with Crippen LogP contribution in [-0.4, -0.2) is 82.8 Å². The van der Waals surface area contributed by atoms with E-state index in [1.807, 2.05) is 31.2 Å². The molecule has 4 heterocycles. The first-order valence-electron chi connectivity index (χ1n) is 11.9. The van der Waals surface area contributed by atoms with E-state index < -0.39 is 41.6 Å². The minimum Gasteiger partial charge on any atom is -0.465 e. The summed E-state index contributed by atoms with van der Waals surface area (Å²) in [6.45, 7) is 5.00. The Balaban J connectivity index is 1.82. The maximum Gasteiger partial charge on any atom is 0.312 e. The number of rotatable bonds is 6. The van der Waals surface area contributed by atoms with E-state index in [2.05, 4.69) is 6.92 Å². The van der Waals surface area contributed by atoms with Crippen LogP contribution in [0.2, 0.25) is 0 Å². The molecule has 1 unspecified atom stereocenters. The van der Waals surface area contributed by atoms with Crippen LogP contribution < -0.4 is 0 Å². The van der Waals surface area contributed by atoms with Crippen LogP contribution in [0.5, 0.6) is 0 Å². The van der Waals surface area contributed by atoms with E-state index in [1.165, 1.54) is 4.90 Å². The number of amides is 2. The van der Waals surface area contributed by atoms with Crippen molar-refractivity contribution in [1.82, 2.24) is 9.80 Å². The highest BCUT2D eigenvalue weighted by atomic mass is 16.6. The van der Waals surface area contributed by atoms with Gasteiger partial charge in [0.05, 0.1) is 31.3 Å². The summed E-state index contributed by atoms with van der Waals surface area (Å²) >= 11 is 0. The summed E-state index contributed by atoms with van der Waals surface area (Å²) in [6.07, 6.45) is 10.7. The number of unbranched alkanes of at least 4 members (excludes halogenated alkanes) is 1. The molecule has 4 rings (SSSR count). The first-order valence-corrected chi connectivity index (χ1v) is 11.9. The van der Waals surface area contributed by atoms with Crippen LogP contribution in [0, 0.1) is 11.8 Å². The lowest BCUT2D eigenvalue weighted by atomic mass is 9.78. The van der Waals surface area contributed by atoms with Crippen LogP contribution in [0.15, 0.2) is 24.3 Å². The molecule has 4 aliphatic rings. The zero-order valence-corrected chi connectivity index (χ0v) is 18.9.